The first kappa shape index (κ1) is 8.88. The predicted octanol–water partition coefficient (Wildman–Crippen LogP) is 3.00. The van der Waals surface area contributed by atoms with Gasteiger partial charge in [-0.15, -0.1) is 0 Å². The van der Waals surface area contributed by atoms with Crippen molar-refractivity contribution < 1.29 is 4.79 Å². The Morgan fingerprint density at radius 3 is 2.85 bits per heavy atom. The Kier molecular flexibility index (Phi) is 2.74. The van der Waals surface area contributed by atoms with Gasteiger partial charge >= 0.3 is 0 Å². The molecule has 0 saturated heterocycles. The van der Waals surface area contributed by atoms with E-state index >= 15 is 0 Å². The summed E-state index contributed by atoms with van der Waals surface area (Å²) in [7, 11) is 0. The second-order valence-corrected chi connectivity index (χ2v) is 4.43. The number of aromatic nitrogens is 1. The first-order chi connectivity index (χ1) is 6.42. The van der Waals surface area contributed by atoms with Crippen LogP contribution < -0.4 is 0 Å². The largest absolute Gasteiger partial charge is 0.298 e. The summed E-state index contributed by atoms with van der Waals surface area (Å²) in [4.78, 5) is 11.9. The summed E-state index contributed by atoms with van der Waals surface area (Å²) in [6.07, 6.45) is 9.08. The van der Waals surface area contributed by atoms with Crippen LogP contribution in [0, 0.1) is 0 Å². The second kappa shape index (κ2) is 4.01. The highest BCUT2D eigenvalue weighted by Gasteiger charge is 2.19. The highest BCUT2D eigenvalue weighted by atomic mass is 32.1. The molecule has 1 aliphatic rings. The van der Waals surface area contributed by atoms with Crippen LogP contribution in [-0.2, 0) is 0 Å². The molecular formula is C10H13NOS. The SMILES string of the molecule is O=Cc1cnsc1C1CCCCC1. The minimum absolute atomic E-state index is 0.612. The Balaban J connectivity index is 2.17. The first-order valence-electron chi connectivity index (χ1n) is 4.81. The van der Waals surface area contributed by atoms with E-state index < -0.39 is 0 Å². The molecule has 0 radical (unpaired) electrons. The van der Waals surface area contributed by atoms with Gasteiger partial charge in [-0.25, -0.2) is 4.37 Å². The molecule has 0 unspecified atom stereocenters. The second-order valence-electron chi connectivity index (χ2n) is 3.60. The average molecular weight is 195 g/mol. The summed E-state index contributed by atoms with van der Waals surface area (Å²) in [5.74, 6) is 0.612. The normalized spacial score (nSPS) is 18.8. The van der Waals surface area contributed by atoms with E-state index in [0.717, 1.165) is 11.8 Å². The fourth-order valence-corrected chi connectivity index (χ4v) is 2.89. The van der Waals surface area contributed by atoms with E-state index in [1.54, 1.807) is 6.20 Å². The van der Waals surface area contributed by atoms with Crippen LogP contribution in [0.4, 0.5) is 0 Å². The molecule has 2 rings (SSSR count). The summed E-state index contributed by atoms with van der Waals surface area (Å²) < 4.78 is 4.08. The van der Waals surface area contributed by atoms with Crippen molar-refractivity contribution in [3.05, 3.63) is 16.6 Å². The lowest BCUT2D eigenvalue weighted by atomic mass is 9.87. The van der Waals surface area contributed by atoms with Gasteiger partial charge in [0.25, 0.3) is 0 Å². The Bertz CT molecular complexity index is 289. The summed E-state index contributed by atoms with van der Waals surface area (Å²) in [5.41, 5.74) is 0.817. The fraction of sp³-hybridized carbons (Fsp3) is 0.600. The molecule has 0 bridgehead atoms. The highest BCUT2D eigenvalue weighted by molar-refractivity contribution is 7.06. The van der Waals surface area contributed by atoms with Crippen LogP contribution in [0.15, 0.2) is 6.20 Å². The summed E-state index contributed by atoms with van der Waals surface area (Å²) in [6, 6.07) is 0. The van der Waals surface area contributed by atoms with Crippen molar-refractivity contribution in [3.63, 3.8) is 0 Å². The molecule has 0 N–H and O–H groups in total. The van der Waals surface area contributed by atoms with E-state index in [0.29, 0.717) is 5.92 Å². The van der Waals surface area contributed by atoms with Gasteiger partial charge < -0.3 is 0 Å². The molecule has 13 heavy (non-hydrogen) atoms. The molecule has 1 aromatic rings. The van der Waals surface area contributed by atoms with Gasteiger partial charge in [-0.3, -0.25) is 4.79 Å². The Morgan fingerprint density at radius 2 is 2.15 bits per heavy atom. The smallest absolute Gasteiger partial charge is 0.152 e. The maximum Gasteiger partial charge on any atom is 0.152 e. The van der Waals surface area contributed by atoms with Crippen LogP contribution in [0.2, 0.25) is 0 Å². The van der Waals surface area contributed by atoms with Crippen LogP contribution >= 0.6 is 11.5 Å². The molecule has 0 spiro atoms. The summed E-state index contributed by atoms with van der Waals surface area (Å²) >= 11 is 1.50. The van der Waals surface area contributed by atoms with Crippen molar-refractivity contribution in [2.75, 3.05) is 0 Å². The molecule has 1 aliphatic carbocycles. The van der Waals surface area contributed by atoms with Gasteiger partial charge in [0.05, 0.1) is 6.20 Å². The summed E-state index contributed by atoms with van der Waals surface area (Å²) in [6.45, 7) is 0. The summed E-state index contributed by atoms with van der Waals surface area (Å²) in [5, 5.41) is 0. The predicted molar refractivity (Wildman–Crippen MR) is 53.3 cm³/mol. The highest BCUT2D eigenvalue weighted by Crippen LogP contribution is 2.35. The Hall–Kier alpha value is -0.700. The zero-order valence-electron chi connectivity index (χ0n) is 7.53. The average Bonchev–Trinajstić information content (AvgIpc) is 2.67. The molecule has 3 heteroatoms. The van der Waals surface area contributed by atoms with Crippen molar-refractivity contribution in [2.24, 2.45) is 0 Å². The van der Waals surface area contributed by atoms with Crippen LogP contribution in [0.25, 0.3) is 0 Å². The van der Waals surface area contributed by atoms with Crippen molar-refractivity contribution in [1.29, 1.82) is 0 Å². The minimum atomic E-state index is 0.612. The number of aldehydes is 1. The minimum Gasteiger partial charge on any atom is -0.298 e. The Labute approximate surface area is 82.1 Å². The lowest BCUT2D eigenvalue weighted by Crippen LogP contribution is -2.04. The van der Waals surface area contributed by atoms with E-state index in [-0.39, 0.29) is 0 Å². The topological polar surface area (TPSA) is 30.0 Å². The third-order valence-electron chi connectivity index (χ3n) is 2.73. The molecule has 1 fully saturated rings. The van der Waals surface area contributed by atoms with Gasteiger partial charge in [0.1, 0.15) is 0 Å². The van der Waals surface area contributed by atoms with Gasteiger partial charge in [-0.05, 0) is 30.3 Å². The van der Waals surface area contributed by atoms with Crippen LogP contribution in [0.1, 0.15) is 53.3 Å². The monoisotopic (exact) mass is 195 g/mol. The number of carbonyl (C=O) groups excluding carboxylic acids is 1. The lowest BCUT2D eigenvalue weighted by molar-refractivity contribution is 0.112. The molecule has 1 aromatic heterocycles. The van der Waals surface area contributed by atoms with Crippen molar-refractivity contribution in [3.8, 4) is 0 Å². The number of rotatable bonds is 2. The van der Waals surface area contributed by atoms with Crippen LogP contribution in [0.3, 0.4) is 0 Å². The molecular weight excluding hydrogens is 182 g/mol. The van der Waals surface area contributed by atoms with Gasteiger partial charge in [0, 0.05) is 10.4 Å². The van der Waals surface area contributed by atoms with Crippen LogP contribution in [0.5, 0.6) is 0 Å². The Morgan fingerprint density at radius 1 is 1.38 bits per heavy atom. The van der Waals surface area contributed by atoms with E-state index in [1.807, 2.05) is 0 Å². The maximum atomic E-state index is 10.7. The molecule has 70 valence electrons. The molecule has 0 aliphatic heterocycles. The molecule has 2 nitrogen and oxygen atoms in total. The fourth-order valence-electron chi connectivity index (χ4n) is 2.02. The zero-order valence-corrected chi connectivity index (χ0v) is 8.35. The zero-order chi connectivity index (χ0) is 9.10. The first-order valence-corrected chi connectivity index (χ1v) is 5.59. The van der Waals surface area contributed by atoms with Gasteiger partial charge in [0.2, 0.25) is 0 Å². The van der Waals surface area contributed by atoms with Crippen LogP contribution in [-0.4, -0.2) is 10.7 Å². The number of hydrogen-bond donors (Lipinski definition) is 0. The third-order valence-corrected chi connectivity index (χ3v) is 3.71. The van der Waals surface area contributed by atoms with Gasteiger partial charge in [0.15, 0.2) is 6.29 Å². The van der Waals surface area contributed by atoms with E-state index in [9.17, 15) is 4.79 Å². The van der Waals surface area contributed by atoms with E-state index in [1.165, 1.54) is 48.5 Å². The molecule has 0 atom stereocenters. The van der Waals surface area contributed by atoms with Crippen molar-refractivity contribution >= 4 is 17.8 Å². The molecule has 1 heterocycles. The van der Waals surface area contributed by atoms with Crippen molar-refractivity contribution in [1.82, 2.24) is 4.37 Å². The van der Waals surface area contributed by atoms with E-state index in [4.69, 9.17) is 0 Å². The van der Waals surface area contributed by atoms with Gasteiger partial charge in [-0.1, -0.05) is 19.3 Å². The molecule has 1 saturated carbocycles. The van der Waals surface area contributed by atoms with E-state index in [2.05, 4.69) is 4.37 Å². The lowest BCUT2D eigenvalue weighted by Gasteiger charge is -2.20. The molecule has 0 amide bonds. The van der Waals surface area contributed by atoms with Crippen molar-refractivity contribution in [2.45, 2.75) is 38.0 Å². The quantitative estimate of drug-likeness (QED) is 0.679. The standard InChI is InChI=1S/C10H13NOS/c12-7-9-6-11-13-10(9)8-4-2-1-3-5-8/h6-8H,1-5H2. The maximum absolute atomic E-state index is 10.7. The molecule has 0 aromatic carbocycles. The number of nitrogens with zero attached hydrogens (tertiary/aromatic N) is 1. The number of hydrogen-bond acceptors (Lipinski definition) is 3. The number of carbonyl (C=O) groups is 1. The van der Waals surface area contributed by atoms with Gasteiger partial charge in [-0.2, -0.15) is 0 Å². The third kappa shape index (κ3) is 1.80.